The van der Waals surface area contributed by atoms with Crippen LogP contribution in [0.1, 0.15) is 46.3 Å². The molecule has 2 heterocycles. The van der Waals surface area contributed by atoms with Gasteiger partial charge in [-0.3, -0.25) is 9.59 Å². The summed E-state index contributed by atoms with van der Waals surface area (Å²) in [4.78, 5) is 32.0. The van der Waals surface area contributed by atoms with Crippen molar-refractivity contribution >= 4 is 11.7 Å². The number of carbonyl (C=O) groups excluding carboxylic acids is 2. The minimum Gasteiger partial charge on any atom is -0.489 e. The Bertz CT molecular complexity index is 1500. The first-order valence-electron chi connectivity index (χ1n) is 13.0. The average Bonchev–Trinajstić information content (AvgIpc) is 3.54. The minimum absolute atomic E-state index is 0.0805. The van der Waals surface area contributed by atoms with E-state index in [0.29, 0.717) is 37.3 Å². The molecule has 1 aromatic heterocycles. The molecule has 6 rings (SSSR count). The zero-order chi connectivity index (χ0) is 26.1. The first-order chi connectivity index (χ1) is 18.5. The van der Waals surface area contributed by atoms with Crippen LogP contribution in [0.15, 0.2) is 97.5 Å². The highest BCUT2D eigenvalue weighted by molar-refractivity contribution is 6.02. The molecule has 0 bridgehead atoms. The van der Waals surface area contributed by atoms with Crippen LogP contribution >= 0.6 is 0 Å². The molecular weight excluding hydrogens is 474 g/mol. The fourth-order valence-corrected chi connectivity index (χ4v) is 5.31. The van der Waals surface area contributed by atoms with Gasteiger partial charge in [-0.1, -0.05) is 72.8 Å². The van der Waals surface area contributed by atoms with Gasteiger partial charge in [0.25, 0.3) is 5.91 Å². The summed E-state index contributed by atoms with van der Waals surface area (Å²) in [5, 5.41) is 0. The summed E-state index contributed by atoms with van der Waals surface area (Å²) < 4.78 is 8.26. The molecule has 0 N–H and O–H groups in total. The third kappa shape index (κ3) is 4.77. The third-order valence-electron chi connectivity index (χ3n) is 7.38. The molecule has 1 unspecified atom stereocenters. The highest BCUT2D eigenvalue weighted by Gasteiger charge is 2.39. The van der Waals surface area contributed by atoms with Crippen molar-refractivity contribution < 1.29 is 14.3 Å². The van der Waals surface area contributed by atoms with Crippen molar-refractivity contribution in [3.8, 4) is 17.0 Å². The summed E-state index contributed by atoms with van der Waals surface area (Å²) in [6.45, 7) is 5.48. The lowest BCUT2D eigenvalue weighted by Crippen LogP contribution is -2.43. The Labute approximate surface area is 222 Å². The van der Waals surface area contributed by atoms with E-state index in [1.807, 2.05) is 42.7 Å². The van der Waals surface area contributed by atoms with E-state index in [9.17, 15) is 9.59 Å². The van der Waals surface area contributed by atoms with Crippen LogP contribution in [0.5, 0.6) is 5.75 Å². The number of hydrogen-bond donors (Lipinski definition) is 0. The molecule has 190 valence electrons. The smallest absolute Gasteiger partial charge is 0.255 e. The van der Waals surface area contributed by atoms with E-state index in [1.54, 1.807) is 4.90 Å². The number of allylic oxidation sites excluding steroid dienone is 1. The number of aromatic nitrogens is 2. The molecule has 38 heavy (non-hydrogen) atoms. The van der Waals surface area contributed by atoms with Crippen molar-refractivity contribution in [2.24, 2.45) is 0 Å². The molecule has 1 fully saturated rings. The summed E-state index contributed by atoms with van der Waals surface area (Å²) in [5.41, 5.74) is 6.73. The lowest BCUT2D eigenvalue weighted by atomic mass is 9.90. The quantitative estimate of drug-likeness (QED) is 0.299. The van der Waals surface area contributed by atoms with Crippen LogP contribution in [0.2, 0.25) is 0 Å². The molecule has 4 aromatic rings. The molecule has 0 spiro atoms. The first kappa shape index (κ1) is 23.9. The topological polar surface area (TPSA) is 64.4 Å². The van der Waals surface area contributed by atoms with Gasteiger partial charge in [0.1, 0.15) is 12.4 Å². The number of ketones is 1. The van der Waals surface area contributed by atoms with Gasteiger partial charge in [0.05, 0.1) is 24.6 Å². The van der Waals surface area contributed by atoms with E-state index in [-0.39, 0.29) is 17.7 Å². The highest BCUT2D eigenvalue weighted by Crippen LogP contribution is 2.35. The zero-order valence-corrected chi connectivity index (χ0v) is 21.2. The second-order valence-electron chi connectivity index (χ2n) is 10.1. The molecule has 0 radical (unpaired) electrons. The van der Waals surface area contributed by atoms with Gasteiger partial charge in [-0.25, -0.2) is 4.98 Å². The van der Waals surface area contributed by atoms with E-state index in [1.165, 1.54) is 5.56 Å². The van der Waals surface area contributed by atoms with E-state index in [0.717, 1.165) is 40.9 Å². The van der Waals surface area contributed by atoms with Crippen molar-refractivity contribution in [1.82, 2.24) is 14.5 Å². The van der Waals surface area contributed by atoms with Crippen molar-refractivity contribution in [2.75, 3.05) is 0 Å². The van der Waals surface area contributed by atoms with E-state index >= 15 is 0 Å². The zero-order valence-electron chi connectivity index (χ0n) is 21.2. The third-order valence-corrected chi connectivity index (χ3v) is 7.38. The molecule has 2 aliphatic rings. The van der Waals surface area contributed by atoms with E-state index < -0.39 is 0 Å². The number of amides is 1. The lowest BCUT2D eigenvalue weighted by molar-refractivity contribution is -0.124. The lowest BCUT2D eigenvalue weighted by Gasteiger charge is -2.30. The SMILES string of the molecule is C=C1CCC(N2Cc3c(OCc4ccc(Cn5cnc(-c6ccccc6)c5)cc4)cccc3C2=O)C(=O)C1. The molecule has 1 atom stereocenters. The van der Waals surface area contributed by atoms with Gasteiger partial charge in [-0.2, -0.15) is 0 Å². The molecular formula is C32H29N3O3. The number of imidazole rings is 1. The Morgan fingerprint density at radius 1 is 0.947 bits per heavy atom. The standard InChI is InChI=1S/C32H29N3O3/c1-22-10-15-29(30(36)16-22)35-18-27-26(32(35)37)8-5-9-31(27)38-20-24-13-11-23(12-14-24)17-34-19-28(33-21-34)25-6-3-2-4-7-25/h2-9,11-14,19,21,29H,1,10,15-18,20H2. The maximum Gasteiger partial charge on any atom is 0.255 e. The molecule has 1 aliphatic carbocycles. The van der Waals surface area contributed by atoms with E-state index in [2.05, 4.69) is 58.7 Å². The Balaban J connectivity index is 1.09. The van der Waals surface area contributed by atoms with Gasteiger partial charge in [0.15, 0.2) is 5.78 Å². The van der Waals surface area contributed by atoms with Gasteiger partial charge in [0, 0.05) is 35.9 Å². The van der Waals surface area contributed by atoms with Crippen molar-refractivity contribution in [2.45, 2.75) is 45.0 Å². The van der Waals surface area contributed by atoms with Gasteiger partial charge in [-0.05, 0) is 36.1 Å². The largest absolute Gasteiger partial charge is 0.489 e. The Kier molecular flexibility index (Phi) is 6.38. The molecule has 1 saturated carbocycles. The number of carbonyl (C=O) groups is 2. The summed E-state index contributed by atoms with van der Waals surface area (Å²) in [6.07, 6.45) is 5.71. The van der Waals surface area contributed by atoms with Gasteiger partial charge in [0.2, 0.25) is 0 Å². The number of Topliss-reactive ketones (excluding diaryl/α,β-unsaturated/α-hetero) is 1. The van der Waals surface area contributed by atoms with Crippen molar-refractivity contribution in [3.05, 3.63) is 120 Å². The predicted octanol–water partition coefficient (Wildman–Crippen LogP) is 5.81. The Morgan fingerprint density at radius 2 is 1.74 bits per heavy atom. The number of fused-ring (bicyclic) bond motifs is 1. The van der Waals surface area contributed by atoms with Crippen LogP contribution in [-0.2, 0) is 24.5 Å². The Morgan fingerprint density at radius 3 is 2.53 bits per heavy atom. The predicted molar refractivity (Wildman–Crippen MR) is 146 cm³/mol. The second-order valence-corrected chi connectivity index (χ2v) is 10.1. The number of hydrogen-bond acceptors (Lipinski definition) is 4. The number of nitrogens with zero attached hydrogens (tertiary/aromatic N) is 3. The monoisotopic (exact) mass is 503 g/mol. The number of rotatable bonds is 7. The molecule has 0 saturated heterocycles. The Hall–Kier alpha value is -4.45. The molecule has 1 amide bonds. The summed E-state index contributed by atoms with van der Waals surface area (Å²) in [6, 6.07) is 23.7. The van der Waals surface area contributed by atoms with Crippen molar-refractivity contribution in [3.63, 3.8) is 0 Å². The fourth-order valence-electron chi connectivity index (χ4n) is 5.31. The van der Waals surface area contributed by atoms with Gasteiger partial charge in [-0.15, -0.1) is 0 Å². The number of ether oxygens (including phenoxy) is 1. The van der Waals surface area contributed by atoms with Crippen LogP contribution in [0, 0.1) is 0 Å². The molecule has 6 heteroatoms. The van der Waals surface area contributed by atoms with E-state index in [4.69, 9.17) is 4.74 Å². The van der Waals surface area contributed by atoms with Gasteiger partial charge >= 0.3 is 0 Å². The molecule has 1 aliphatic heterocycles. The highest BCUT2D eigenvalue weighted by atomic mass is 16.5. The summed E-state index contributed by atoms with van der Waals surface area (Å²) in [5.74, 6) is 0.689. The summed E-state index contributed by atoms with van der Waals surface area (Å²) >= 11 is 0. The van der Waals surface area contributed by atoms with Crippen LogP contribution in [0.25, 0.3) is 11.3 Å². The normalized spacial score (nSPS) is 17.1. The van der Waals surface area contributed by atoms with Crippen LogP contribution < -0.4 is 4.74 Å². The summed E-state index contributed by atoms with van der Waals surface area (Å²) in [7, 11) is 0. The molecule has 6 nitrogen and oxygen atoms in total. The van der Waals surface area contributed by atoms with Crippen LogP contribution in [0.3, 0.4) is 0 Å². The van der Waals surface area contributed by atoms with Gasteiger partial charge < -0.3 is 14.2 Å². The average molecular weight is 504 g/mol. The fraction of sp³-hybridized carbons (Fsp3) is 0.219. The van der Waals surface area contributed by atoms with Crippen molar-refractivity contribution in [1.29, 1.82) is 0 Å². The minimum atomic E-state index is -0.375. The maximum atomic E-state index is 13.1. The molecule has 3 aromatic carbocycles. The number of benzene rings is 3. The second kappa shape index (κ2) is 10.1. The first-order valence-corrected chi connectivity index (χ1v) is 13.0. The maximum absolute atomic E-state index is 13.1. The van der Waals surface area contributed by atoms with Crippen LogP contribution in [-0.4, -0.2) is 32.2 Å². The van der Waals surface area contributed by atoms with Crippen LogP contribution in [0.4, 0.5) is 0 Å².